The minimum absolute atomic E-state index is 0.118. The number of ketones is 1. The van der Waals surface area contributed by atoms with Crippen molar-refractivity contribution in [2.75, 3.05) is 19.6 Å². The molecule has 2 unspecified atom stereocenters. The Morgan fingerprint density at radius 2 is 1.77 bits per heavy atom. The molecule has 0 spiro atoms. The molecule has 3 heterocycles. The molecule has 6 N–H and O–H groups in total. The first kappa shape index (κ1) is 33.3. The van der Waals surface area contributed by atoms with Crippen LogP contribution in [-0.4, -0.2) is 82.4 Å². The fraction of sp³-hybridized carbons (Fsp3) is 0.517. The van der Waals surface area contributed by atoms with Gasteiger partial charge in [0.1, 0.15) is 12.1 Å². The molecule has 1 aromatic carbocycles. The fourth-order valence-corrected chi connectivity index (χ4v) is 6.29. The van der Waals surface area contributed by atoms with Crippen molar-refractivity contribution in [3.63, 3.8) is 0 Å². The van der Waals surface area contributed by atoms with E-state index in [1.807, 2.05) is 34.8 Å². The van der Waals surface area contributed by atoms with Crippen molar-refractivity contribution in [1.82, 2.24) is 35.6 Å². The second-order valence-corrected chi connectivity index (χ2v) is 12.0. The second-order valence-electron chi connectivity index (χ2n) is 11.2. The van der Waals surface area contributed by atoms with Gasteiger partial charge < -0.3 is 35.6 Å². The van der Waals surface area contributed by atoms with Crippen molar-refractivity contribution in [3.8, 4) is 0 Å². The Morgan fingerprint density at radius 3 is 2.57 bits per heavy atom. The van der Waals surface area contributed by atoms with E-state index in [4.69, 9.17) is 5.41 Å². The van der Waals surface area contributed by atoms with Crippen LogP contribution in [0.4, 0.5) is 0 Å². The lowest BCUT2D eigenvalue weighted by atomic mass is 9.99. The van der Waals surface area contributed by atoms with Gasteiger partial charge in [0.2, 0.25) is 23.6 Å². The summed E-state index contributed by atoms with van der Waals surface area (Å²) >= 11 is 0. The van der Waals surface area contributed by atoms with Crippen LogP contribution in [0, 0.1) is 5.41 Å². The molecule has 15 heteroatoms. The third-order valence-electron chi connectivity index (χ3n) is 8.08. The number of fused-ring (bicyclic) bond motifs is 2. The minimum atomic E-state index is -1.02. The van der Waals surface area contributed by atoms with Gasteiger partial charge in [-0.05, 0) is 68.9 Å². The van der Waals surface area contributed by atoms with Gasteiger partial charge in [-0.3, -0.25) is 29.4 Å². The molecule has 4 rings (SSSR count). The molecule has 0 aliphatic carbocycles. The van der Waals surface area contributed by atoms with E-state index in [0.717, 1.165) is 16.5 Å². The first-order valence-corrected chi connectivity index (χ1v) is 16.1. The van der Waals surface area contributed by atoms with Gasteiger partial charge in [0.05, 0.1) is 18.1 Å². The third kappa shape index (κ3) is 8.76. The predicted molar refractivity (Wildman–Crippen MR) is 174 cm³/mol. The first-order valence-electron chi connectivity index (χ1n) is 15.0. The number of hydrogen-bond acceptors (Lipinski definition) is 6. The van der Waals surface area contributed by atoms with Crippen molar-refractivity contribution < 1.29 is 24.0 Å². The second kappa shape index (κ2) is 16.0. The molecule has 5 atom stereocenters. The number of para-hydroxylation sites is 1. The van der Waals surface area contributed by atoms with Gasteiger partial charge in [-0.2, -0.15) is 0 Å². The standard InChI is InChI=1S/C29H42N8O5P2/c30-29(35-43)31-13-5-8-20-24(38)11-3-4-12-26(40)36-14-6-10-23(36)28(42)32-16-25(39)33-21(27(41)34-20)15-18-17-37(44)22-9-2-1-7-19(18)22/h1-2,7,9,17,20-21,23H,3-6,8,10-16,43-44H2,(H,32,42)(H,33,39)(H,34,41)(H3,30,31,35)/t20-,21-,23-/m0/s1. The molecule has 1 aromatic heterocycles. The molecule has 2 fully saturated rings. The van der Waals surface area contributed by atoms with Gasteiger partial charge in [-0.25, -0.2) is 0 Å². The Labute approximate surface area is 261 Å². The highest BCUT2D eigenvalue weighted by molar-refractivity contribution is 7.15. The van der Waals surface area contributed by atoms with Crippen LogP contribution in [0.2, 0.25) is 0 Å². The lowest BCUT2D eigenvalue weighted by molar-refractivity contribution is -0.139. The molecule has 0 bridgehead atoms. The maximum atomic E-state index is 13.8. The number of carbonyl (C=O) groups is 5. The number of aromatic nitrogens is 1. The van der Waals surface area contributed by atoms with E-state index in [2.05, 4.69) is 45.1 Å². The van der Waals surface area contributed by atoms with E-state index in [1.165, 1.54) is 0 Å². The predicted octanol–water partition coefficient (Wildman–Crippen LogP) is 0.726. The van der Waals surface area contributed by atoms with Crippen LogP contribution < -0.4 is 26.4 Å². The number of benzene rings is 1. The Balaban J connectivity index is 1.57. The summed E-state index contributed by atoms with van der Waals surface area (Å²) in [6.45, 7) is 0.543. The number of Topliss-reactive ketones (excluding diaryl/α,β-unsaturated/α-hetero) is 1. The molecular weight excluding hydrogens is 602 g/mol. The first-order chi connectivity index (χ1) is 21.2. The number of amides is 4. The van der Waals surface area contributed by atoms with Crippen molar-refractivity contribution >= 4 is 65.1 Å². The molecule has 4 amide bonds. The van der Waals surface area contributed by atoms with Crippen molar-refractivity contribution in [2.45, 2.75) is 75.9 Å². The van der Waals surface area contributed by atoms with Crippen LogP contribution in [0.1, 0.15) is 56.9 Å². The van der Waals surface area contributed by atoms with E-state index in [9.17, 15) is 24.0 Å². The van der Waals surface area contributed by atoms with E-state index in [0.29, 0.717) is 51.6 Å². The Bertz CT molecular complexity index is 1400. The summed E-state index contributed by atoms with van der Waals surface area (Å²) in [6, 6.07) is 5.25. The van der Waals surface area contributed by atoms with Crippen LogP contribution in [0.15, 0.2) is 30.5 Å². The zero-order chi connectivity index (χ0) is 31.6. The number of nitrogens with one attached hydrogen (secondary N) is 6. The highest BCUT2D eigenvalue weighted by Crippen LogP contribution is 2.24. The number of nitrogens with zero attached hydrogens (tertiary/aromatic N) is 2. The zero-order valence-electron chi connectivity index (χ0n) is 24.7. The summed E-state index contributed by atoms with van der Waals surface area (Å²) in [6.07, 6.45) is 5.44. The maximum Gasteiger partial charge on any atom is 0.243 e. The summed E-state index contributed by atoms with van der Waals surface area (Å²) < 4.78 is 1.87. The number of rotatable bonds is 6. The molecule has 2 aliphatic rings. The number of carbonyl (C=O) groups excluding carboxylic acids is 5. The molecular formula is C29H42N8O5P2. The summed E-state index contributed by atoms with van der Waals surface area (Å²) in [4.78, 5) is 67.7. The normalized spacial score (nSPS) is 22.5. The Kier molecular flexibility index (Phi) is 12.1. The van der Waals surface area contributed by atoms with E-state index < -0.39 is 35.8 Å². The van der Waals surface area contributed by atoms with E-state index >= 15 is 0 Å². The molecule has 2 saturated heterocycles. The van der Waals surface area contributed by atoms with Crippen LogP contribution in [0.3, 0.4) is 0 Å². The van der Waals surface area contributed by atoms with Crippen molar-refractivity contribution in [2.24, 2.45) is 0 Å². The summed E-state index contributed by atoms with van der Waals surface area (Å²) in [7, 11) is 4.85. The SMILES string of the molecule is N=C(NP)NCCC[C@@H]1NC(=O)[C@H](Cc2cn(P)c3ccccc23)NC(=O)CNC(=O)[C@@H]2CCCN2C(=O)CCCCC1=O. The fourth-order valence-electron chi connectivity index (χ4n) is 5.79. The van der Waals surface area contributed by atoms with E-state index in [1.54, 1.807) is 4.90 Å². The topological polar surface area (TPSA) is 178 Å². The average molecular weight is 645 g/mol. The Hall–Kier alpha value is -3.56. The van der Waals surface area contributed by atoms with Gasteiger partial charge in [-0.1, -0.05) is 18.2 Å². The lowest BCUT2D eigenvalue weighted by Gasteiger charge is -2.24. The zero-order valence-corrected chi connectivity index (χ0v) is 27.0. The van der Waals surface area contributed by atoms with Crippen LogP contribution in [0.25, 0.3) is 10.9 Å². The highest BCUT2D eigenvalue weighted by Gasteiger charge is 2.34. The molecule has 238 valence electrons. The third-order valence-corrected chi connectivity index (χ3v) is 8.80. The van der Waals surface area contributed by atoms with Crippen LogP contribution in [-0.2, 0) is 30.4 Å². The van der Waals surface area contributed by atoms with Gasteiger partial charge in [-0.15, -0.1) is 0 Å². The number of hydrogen-bond donors (Lipinski definition) is 6. The molecule has 0 saturated carbocycles. The largest absolute Gasteiger partial charge is 0.356 e. The molecule has 2 aromatic rings. The van der Waals surface area contributed by atoms with Crippen molar-refractivity contribution in [1.29, 1.82) is 5.41 Å². The average Bonchev–Trinajstić information content (AvgIpc) is 3.63. The summed E-state index contributed by atoms with van der Waals surface area (Å²) in [5.74, 6) is -1.63. The Morgan fingerprint density at radius 1 is 1.00 bits per heavy atom. The lowest BCUT2D eigenvalue weighted by Crippen LogP contribution is -2.54. The molecule has 2 aliphatic heterocycles. The highest BCUT2D eigenvalue weighted by atomic mass is 31.0. The molecule has 13 nitrogen and oxygen atoms in total. The smallest absolute Gasteiger partial charge is 0.243 e. The molecule has 44 heavy (non-hydrogen) atoms. The van der Waals surface area contributed by atoms with Gasteiger partial charge >= 0.3 is 0 Å². The summed E-state index contributed by atoms with van der Waals surface area (Å²) in [5.41, 5.74) is 1.78. The molecule has 0 radical (unpaired) electrons. The monoisotopic (exact) mass is 644 g/mol. The van der Waals surface area contributed by atoms with Crippen LogP contribution in [0.5, 0.6) is 0 Å². The maximum absolute atomic E-state index is 13.8. The minimum Gasteiger partial charge on any atom is -0.356 e. The van der Waals surface area contributed by atoms with Crippen LogP contribution >= 0.6 is 18.8 Å². The van der Waals surface area contributed by atoms with Gasteiger partial charge in [0.25, 0.3) is 0 Å². The quantitative estimate of drug-likeness (QED) is 0.116. The number of guanidine groups is 1. The van der Waals surface area contributed by atoms with E-state index in [-0.39, 0.29) is 43.5 Å². The van der Waals surface area contributed by atoms with Gasteiger partial charge in [0.15, 0.2) is 11.7 Å². The summed E-state index contributed by atoms with van der Waals surface area (Å²) in [5, 5.41) is 22.4. The van der Waals surface area contributed by atoms with Gasteiger partial charge in [0, 0.05) is 43.9 Å². The van der Waals surface area contributed by atoms with Crippen molar-refractivity contribution in [3.05, 3.63) is 36.0 Å².